The lowest BCUT2D eigenvalue weighted by Crippen LogP contribution is -1.97. The van der Waals surface area contributed by atoms with Crippen LogP contribution in [-0.2, 0) is 6.42 Å². The second-order valence-corrected chi connectivity index (χ2v) is 6.75. The largest absolute Gasteiger partial charge is 0.0840 e. The summed E-state index contributed by atoms with van der Waals surface area (Å²) in [4.78, 5) is 0.299. The summed E-state index contributed by atoms with van der Waals surface area (Å²) in [5.74, 6) is 0.626. The molecule has 0 aliphatic carbocycles. The SMILES string of the molecule is CCC(C)c1ccc(C(Br)Cc2ccccc2Cl)cc1. The van der Waals surface area contributed by atoms with Crippen molar-refractivity contribution in [3.63, 3.8) is 0 Å². The van der Waals surface area contributed by atoms with Gasteiger partial charge in [0.05, 0.1) is 0 Å². The highest BCUT2D eigenvalue weighted by atomic mass is 79.9. The van der Waals surface area contributed by atoms with E-state index in [1.165, 1.54) is 23.1 Å². The lowest BCUT2D eigenvalue weighted by atomic mass is 9.96. The van der Waals surface area contributed by atoms with E-state index in [4.69, 9.17) is 11.6 Å². The Morgan fingerprint density at radius 1 is 1.00 bits per heavy atom. The normalized spacial score (nSPS) is 14.0. The predicted octanol–water partition coefficient (Wildman–Crippen LogP) is 6.53. The van der Waals surface area contributed by atoms with Crippen molar-refractivity contribution in [3.05, 3.63) is 70.2 Å². The summed E-state index contributed by atoms with van der Waals surface area (Å²) in [6.07, 6.45) is 2.08. The van der Waals surface area contributed by atoms with E-state index in [0.717, 1.165) is 11.4 Å². The van der Waals surface area contributed by atoms with E-state index in [0.29, 0.717) is 10.7 Å². The Bertz CT molecular complexity index is 548. The second kappa shape index (κ2) is 7.28. The minimum atomic E-state index is 0.299. The molecule has 0 N–H and O–H groups in total. The van der Waals surface area contributed by atoms with Crippen LogP contribution in [0.25, 0.3) is 0 Å². The molecule has 2 aromatic rings. The van der Waals surface area contributed by atoms with E-state index in [1.54, 1.807) is 0 Å². The second-order valence-electron chi connectivity index (χ2n) is 5.24. The van der Waals surface area contributed by atoms with Crippen LogP contribution in [0.3, 0.4) is 0 Å². The molecule has 0 bridgehead atoms. The van der Waals surface area contributed by atoms with E-state index in [2.05, 4.69) is 60.1 Å². The van der Waals surface area contributed by atoms with Gasteiger partial charge in [0.1, 0.15) is 0 Å². The molecule has 0 aromatic heterocycles. The highest BCUT2D eigenvalue weighted by Gasteiger charge is 2.11. The molecule has 0 saturated carbocycles. The third-order valence-electron chi connectivity index (χ3n) is 3.84. The summed E-state index contributed by atoms with van der Waals surface area (Å²) < 4.78 is 0. The van der Waals surface area contributed by atoms with Crippen LogP contribution in [0.5, 0.6) is 0 Å². The monoisotopic (exact) mass is 350 g/mol. The van der Waals surface area contributed by atoms with Crippen LogP contribution in [0.1, 0.15) is 47.7 Å². The maximum atomic E-state index is 6.22. The summed E-state index contributed by atoms with van der Waals surface area (Å²) >= 11 is 10.00. The lowest BCUT2D eigenvalue weighted by molar-refractivity contribution is 0.733. The number of alkyl halides is 1. The maximum Gasteiger partial charge on any atom is 0.0438 e. The molecule has 2 rings (SSSR count). The highest BCUT2D eigenvalue weighted by molar-refractivity contribution is 9.09. The molecule has 106 valence electrons. The predicted molar refractivity (Wildman–Crippen MR) is 92.0 cm³/mol. The van der Waals surface area contributed by atoms with Gasteiger partial charge in [-0.3, -0.25) is 0 Å². The van der Waals surface area contributed by atoms with Gasteiger partial charge in [-0.1, -0.05) is 83.8 Å². The molecular weight excluding hydrogens is 332 g/mol. The molecule has 0 amide bonds. The molecule has 2 aromatic carbocycles. The van der Waals surface area contributed by atoms with E-state index >= 15 is 0 Å². The fraction of sp³-hybridized carbons (Fsp3) is 0.333. The molecular formula is C18H20BrCl. The first kappa shape index (κ1) is 15.6. The molecule has 0 spiro atoms. The van der Waals surface area contributed by atoms with E-state index in [1.807, 2.05) is 18.2 Å². The summed E-state index contributed by atoms with van der Waals surface area (Å²) in [7, 11) is 0. The fourth-order valence-electron chi connectivity index (χ4n) is 2.24. The summed E-state index contributed by atoms with van der Waals surface area (Å²) in [6.45, 7) is 4.49. The van der Waals surface area contributed by atoms with Gasteiger partial charge in [-0.15, -0.1) is 0 Å². The molecule has 0 aliphatic heterocycles. The molecule has 0 radical (unpaired) electrons. The van der Waals surface area contributed by atoms with Crippen molar-refractivity contribution in [2.24, 2.45) is 0 Å². The highest BCUT2D eigenvalue weighted by Crippen LogP contribution is 2.31. The molecule has 0 saturated heterocycles. The first-order valence-electron chi connectivity index (χ1n) is 7.09. The van der Waals surface area contributed by atoms with Crippen molar-refractivity contribution < 1.29 is 0 Å². The topological polar surface area (TPSA) is 0 Å². The van der Waals surface area contributed by atoms with Crippen molar-refractivity contribution in [1.82, 2.24) is 0 Å². The molecule has 2 atom stereocenters. The molecule has 0 fully saturated rings. The maximum absolute atomic E-state index is 6.22. The first-order chi connectivity index (χ1) is 9.61. The molecule has 0 nitrogen and oxygen atoms in total. The zero-order chi connectivity index (χ0) is 14.5. The average Bonchev–Trinajstić information content (AvgIpc) is 2.49. The Hall–Kier alpha value is -0.790. The lowest BCUT2D eigenvalue weighted by Gasteiger charge is -2.14. The first-order valence-corrected chi connectivity index (χ1v) is 8.38. The van der Waals surface area contributed by atoms with Gasteiger partial charge in [0.25, 0.3) is 0 Å². The number of rotatable bonds is 5. The Labute approximate surface area is 135 Å². The van der Waals surface area contributed by atoms with E-state index < -0.39 is 0 Å². The number of hydrogen-bond donors (Lipinski definition) is 0. The fourth-order valence-corrected chi connectivity index (χ4v) is 3.11. The third kappa shape index (κ3) is 3.86. The Kier molecular flexibility index (Phi) is 5.68. The summed E-state index contributed by atoms with van der Waals surface area (Å²) in [6, 6.07) is 17.0. The molecule has 0 heterocycles. The van der Waals surface area contributed by atoms with E-state index in [-0.39, 0.29) is 0 Å². The van der Waals surface area contributed by atoms with Gasteiger partial charge in [0.15, 0.2) is 0 Å². The minimum Gasteiger partial charge on any atom is -0.0840 e. The third-order valence-corrected chi connectivity index (χ3v) is 5.06. The summed E-state index contributed by atoms with van der Waals surface area (Å²) in [5, 5.41) is 0.841. The minimum absolute atomic E-state index is 0.299. The summed E-state index contributed by atoms with van der Waals surface area (Å²) in [5.41, 5.74) is 3.90. The quantitative estimate of drug-likeness (QED) is 0.537. The van der Waals surface area contributed by atoms with E-state index in [9.17, 15) is 0 Å². The van der Waals surface area contributed by atoms with Crippen LogP contribution >= 0.6 is 27.5 Å². The van der Waals surface area contributed by atoms with Crippen LogP contribution in [0.2, 0.25) is 5.02 Å². The Balaban J connectivity index is 2.10. The van der Waals surface area contributed by atoms with Crippen molar-refractivity contribution >= 4 is 27.5 Å². The molecule has 2 heteroatoms. The zero-order valence-corrected chi connectivity index (χ0v) is 14.3. The van der Waals surface area contributed by atoms with Gasteiger partial charge in [-0.2, -0.15) is 0 Å². The van der Waals surface area contributed by atoms with Crippen LogP contribution in [0.4, 0.5) is 0 Å². The standard InChI is InChI=1S/C18H20BrCl/c1-3-13(2)14-8-10-15(11-9-14)17(19)12-16-6-4-5-7-18(16)20/h4-11,13,17H,3,12H2,1-2H3. The smallest absolute Gasteiger partial charge is 0.0438 e. The van der Waals surface area contributed by atoms with Gasteiger partial charge in [-0.25, -0.2) is 0 Å². The zero-order valence-electron chi connectivity index (χ0n) is 11.9. The van der Waals surface area contributed by atoms with Crippen LogP contribution in [0, 0.1) is 0 Å². The van der Waals surface area contributed by atoms with Crippen molar-refractivity contribution in [2.75, 3.05) is 0 Å². The number of halogens is 2. The van der Waals surface area contributed by atoms with Gasteiger partial charge < -0.3 is 0 Å². The number of hydrogen-bond acceptors (Lipinski definition) is 0. The molecule has 20 heavy (non-hydrogen) atoms. The van der Waals surface area contributed by atoms with Crippen molar-refractivity contribution in [1.29, 1.82) is 0 Å². The van der Waals surface area contributed by atoms with Crippen molar-refractivity contribution in [3.8, 4) is 0 Å². The Morgan fingerprint density at radius 2 is 1.60 bits per heavy atom. The molecule has 0 aliphatic rings. The van der Waals surface area contributed by atoms with Crippen molar-refractivity contribution in [2.45, 2.75) is 37.4 Å². The number of benzene rings is 2. The van der Waals surface area contributed by atoms with Gasteiger partial charge in [0.2, 0.25) is 0 Å². The molecule has 2 unspecified atom stereocenters. The van der Waals surface area contributed by atoms with Gasteiger partial charge in [0, 0.05) is 9.85 Å². The van der Waals surface area contributed by atoms with Crippen LogP contribution in [0.15, 0.2) is 48.5 Å². The van der Waals surface area contributed by atoms with Crippen LogP contribution < -0.4 is 0 Å². The Morgan fingerprint density at radius 3 is 2.20 bits per heavy atom. The average molecular weight is 352 g/mol. The van der Waals surface area contributed by atoms with Crippen LogP contribution in [-0.4, -0.2) is 0 Å². The van der Waals surface area contributed by atoms with Gasteiger partial charge in [-0.05, 0) is 41.5 Å². The van der Waals surface area contributed by atoms with Gasteiger partial charge >= 0.3 is 0 Å².